The van der Waals surface area contributed by atoms with Crippen LogP contribution in [0.4, 0.5) is 14.6 Å². The predicted octanol–water partition coefficient (Wildman–Crippen LogP) is 4.95. The number of nitrogens with zero attached hydrogens (tertiary/aromatic N) is 4. The van der Waals surface area contributed by atoms with E-state index in [0.29, 0.717) is 47.3 Å². The number of halogens is 2. The molecule has 4 aromatic rings. The van der Waals surface area contributed by atoms with Crippen molar-refractivity contribution in [3.8, 4) is 23.1 Å². The maximum Gasteiger partial charge on any atom is 0.349 e. The smallest absolute Gasteiger partial charge is 0.349 e. The molecule has 44 heavy (non-hydrogen) atoms. The van der Waals surface area contributed by atoms with Gasteiger partial charge >= 0.3 is 11.6 Å². The van der Waals surface area contributed by atoms with E-state index in [2.05, 4.69) is 25.1 Å². The molecule has 4 fully saturated rings. The molecule has 3 atom stereocenters. The minimum absolute atomic E-state index is 0.0608. The third kappa shape index (κ3) is 5.26. The minimum Gasteiger partial charge on any atom is -0.508 e. The summed E-state index contributed by atoms with van der Waals surface area (Å²) in [6.07, 6.45) is 5.11. The SMILES string of the molecule is COc1nc(N2CCNCC2C2CC2)c2c(=O)oc(-c3cc(O)cc4cccc(F)c34)c(C)c2n1.FC1CC2CCCN2C1. The van der Waals surface area contributed by atoms with Gasteiger partial charge in [-0.2, -0.15) is 9.97 Å². The number of ether oxygens (including phenoxy) is 1. The Labute approximate surface area is 253 Å². The molecule has 2 N–H and O–H groups in total. The first kappa shape index (κ1) is 28.9. The van der Waals surface area contributed by atoms with E-state index in [4.69, 9.17) is 9.15 Å². The number of rotatable bonds is 4. The molecule has 0 bridgehead atoms. The summed E-state index contributed by atoms with van der Waals surface area (Å²) in [4.78, 5) is 27.1. The van der Waals surface area contributed by atoms with Crippen LogP contribution in [-0.4, -0.2) is 78.1 Å². The van der Waals surface area contributed by atoms with Crippen molar-refractivity contribution < 1.29 is 23.0 Å². The number of alkyl halides is 1. The van der Waals surface area contributed by atoms with E-state index < -0.39 is 17.6 Å². The molecule has 3 aliphatic heterocycles. The lowest BCUT2D eigenvalue weighted by Crippen LogP contribution is -2.53. The quantitative estimate of drug-likeness (QED) is 0.335. The van der Waals surface area contributed by atoms with Gasteiger partial charge < -0.3 is 24.5 Å². The normalized spacial score (nSPS) is 23.5. The number of aromatic hydroxyl groups is 1. The summed E-state index contributed by atoms with van der Waals surface area (Å²) in [5, 5.41) is 14.8. The Morgan fingerprint density at radius 3 is 2.75 bits per heavy atom. The Hall–Kier alpha value is -3.83. The summed E-state index contributed by atoms with van der Waals surface area (Å²) in [6.45, 7) is 5.90. The van der Waals surface area contributed by atoms with Crippen LogP contribution in [0.5, 0.6) is 11.8 Å². The van der Waals surface area contributed by atoms with Crippen LogP contribution in [0.2, 0.25) is 0 Å². The molecule has 2 aromatic carbocycles. The summed E-state index contributed by atoms with van der Waals surface area (Å²) in [7, 11) is 1.49. The third-order valence-corrected chi connectivity index (χ3v) is 9.48. The van der Waals surface area contributed by atoms with Crippen LogP contribution in [0, 0.1) is 18.7 Å². The van der Waals surface area contributed by atoms with Crippen molar-refractivity contribution in [2.75, 3.05) is 44.7 Å². The van der Waals surface area contributed by atoms with Crippen LogP contribution in [0.15, 0.2) is 39.5 Å². The van der Waals surface area contributed by atoms with Gasteiger partial charge in [0.05, 0.1) is 12.6 Å². The molecule has 1 saturated carbocycles. The standard InChI is InChI=1S/C26H25FN4O4.C7H12FN/c1-13-22-21(24(30-26(29-22)34-2)31-9-8-28-12-19(31)14-6-7-14)25(33)35-23(13)17-11-16(32)10-15-4-3-5-18(27)20(15)17;8-6-4-7-2-1-3-9(7)5-6/h3-5,10-11,14,19,28,32H,6-9,12H2,1-2H3;6-7H,1-5H2. The van der Waals surface area contributed by atoms with Gasteiger partial charge in [-0.3, -0.25) is 4.90 Å². The number of methoxy groups -OCH3 is 1. The van der Waals surface area contributed by atoms with E-state index in [1.165, 1.54) is 38.2 Å². The predicted molar refractivity (Wildman–Crippen MR) is 165 cm³/mol. The van der Waals surface area contributed by atoms with Crippen molar-refractivity contribution in [2.24, 2.45) is 5.92 Å². The second kappa shape index (κ2) is 11.6. The number of phenolic OH excluding ortho intramolecular Hbond substituents is 1. The lowest BCUT2D eigenvalue weighted by atomic mass is 9.98. The first-order valence-electron chi connectivity index (χ1n) is 15.5. The molecule has 3 unspecified atom stereocenters. The zero-order valence-electron chi connectivity index (χ0n) is 25.0. The monoisotopic (exact) mass is 605 g/mol. The molecule has 8 rings (SSSR count). The van der Waals surface area contributed by atoms with E-state index >= 15 is 0 Å². The molecule has 5 heterocycles. The minimum atomic E-state index is -0.612. The van der Waals surface area contributed by atoms with Crippen LogP contribution in [0.1, 0.15) is 37.7 Å². The van der Waals surface area contributed by atoms with Crippen LogP contribution < -0.4 is 20.6 Å². The summed E-state index contributed by atoms with van der Waals surface area (Å²) >= 11 is 0. The van der Waals surface area contributed by atoms with Crippen LogP contribution in [0.25, 0.3) is 33.0 Å². The summed E-state index contributed by atoms with van der Waals surface area (Å²) in [6, 6.07) is 8.45. The van der Waals surface area contributed by atoms with Gasteiger partial charge in [-0.15, -0.1) is 0 Å². The number of aryl methyl sites for hydroxylation is 1. The topological polar surface area (TPSA) is 104 Å². The van der Waals surface area contributed by atoms with Crippen molar-refractivity contribution in [3.63, 3.8) is 0 Å². The van der Waals surface area contributed by atoms with Crippen LogP contribution in [0.3, 0.4) is 0 Å². The first-order chi connectivity index (χ1) is 21.3. The molecule has 0 amide bonds. The summed E-state index contributed by atoms with van der Waals surface area (Å²) < 4.78 is 38.8. The molecule has 9 nitrogen and oxygen atoms in total. The Morgan fingerprint density at radius 2 is 1.98 bits per heavy atom. The molecule has 2 aromatic heterocycles. The number of piperazine rings is 1. The lowest BCUT2D eigenvalue weighted by molar-refractivity contribution is 0.292. The average Bonchev–Trinajstić information content (AvgIpc) is 3.68. The number of hydrogen-bond donors (Lipinski definition) is 2. The fourth-order valence-corrected chi connectivity index (χ4v) is 7.23. The first-order valence-corrected chi connectivity index (χ1v) is 15.5. The Kier molecular flexibility index (Phi) is 7.62. The van der Waals surface area contributed by atoms with Crippen molar-refractivity contribution >= 4 is 27.5 Å². The number of hydrogen-bond acceptors (Lipinski definition) is 9. The third-order valence-electron chi connectivity index (χ3n) is 9.48. The van der Waals surface area contributed by atoms with Crippen molar-refractivity contribution in [1.29, 1.82) is 0 Å². The molecular formula is C33H37F2N5O4. The highest BCUT2D eigenvalue weighted by atomic mass is 19.1. The molecule has 11 heteroatoms. The van der Waals surface area contributed by atoms with Crippen molar-refractivity contribution in [1.82, 2.24) is 20.2 Å². The van der Waals surface area contributed by atoms with Gasteiger partial charge in [0.15, 0.2) is 5.82 Å². The molecule has 0 spiro atoms. The van der Waals surface area contributed by atoms with Gasteiger partial charge in [-0.25, -0.2) is 13.6 Å². The number of anilines is 1. The van der Waals surface area contributed by atoms with E-state index in [1.54, 1.807) is 19.1 Å². The highest BCUT2D eigenvalue weighted by molar-refractivity contribution is 6.00. The largest absolute Gasteiger partial charge is 0.508 e. The molecule has 0 radical (unpaired) electrons. The number of fused-ring (bicyclic) bond motifs is 3. The maximum atomic E-state index is 14.9. The van der Waals surface area contributed by atoms with Crippen LogP contribution in [-0.2, 0) is 0 Å². The summed E-state index contributed by atoms with van der Waals surface area (Å²) in [5.41, 5.74) is 0.597. The molecule has 1 aliphatic carbocycles. The van der Waals surface area contributed by atoms with E-state index in [0.717, 1.165) is 38.9 Å². The zero-order chi connectivity index (χ0) is 30.5. The van der Waals surface area contributed by atoms with Gasteiger partial charge in [-0.05, 0) is 75.1 Å². The van der Waals surface area contributed by atoms with Crippen LogP contribution >= 0.6 is 0 Å². The van der Waals surface area contributed by atoms with Gasteiger partial charge in [0, 0.05) is 54.8 Å². The number of phenols is 1. The fourth-order valence-electron chi connectivity index (χ4n) is 7.23. The van der Waals surface area contributed by atoms with Crippen molar-refractivity contribution in [3.05, 3.63) is 52.1 Å². The zero-order valence-corrected chi connectivity index (χ0v) is 25.0. The van der Waals surface area contributed by atoms with Crippen molar-refractivity contribution in [2.45, 2.75) is 57.3 Å². The van der Waals surface area contributed by atoms with Gasteiger partial charge in [0.2, 0.25) is 0 Å². The highest BCUT2D eigenvalue weighted by Gasteiger charge is 2.39. The van der Waals surface area contributed by atoms with Gasteiger partial charge in [0.1, 0.15) is 28.9 Å². The number of nitrogens with one attached hydrogen (secondary N) is 1. The Morgan fingerprint density at radius 1 is 1.14 bits per heavy atom. The molecule has 232 valence electrons. The maximum absolute atomic E-state index is 14.9. The summed E-state index contributed by atoms with van der Waals surface area (Å²) in [5.74, 6) is 0.663. The fraction of sp³-hybridized carbons (Fsp3) is 0.485. The van der Waals surface area contributed by atoms with Gasteiger partial charge in [0.25, 0.3) is 0 Å². The molecule has 3 saturated heterocycles. The second-order valence-corrected chi connectivity index (χ2v) is 12.4. The average molecular weight is 606 g/mol. The molecular weight excluding hydrogens is 568 g/mol. The second-order valence-electron chi connectivity index (χ2n) is 12.4. The molecule has 4 aliphatic rings. The Balaban J connectivity index is 0.000000296. The van der Waals surface area contributed by atoms with Gasteiger partial charge in [-0.1, -0.05) is 12.1 Å². The number of aromatic nitrogens is 2. The van der Waals surface area contributed by atoms with E-state index in [9.17, 15) is 18.7 Å². The van der Waals surface area contributed by atoms with E-state index in [1.807, 2.05) is 0 Å². The highest BCUT2D eigenvalue weighted by Crippen LogP contribution is 2.41. The Bertz CT molecular complexity index is 1770. The van der Waals surface area contributed by atoms with E-state index in [-0.39, 0.29) is 39.9 Å². The lowest BCUT2D eigenvalue weighted by Gasteiger charge is -2.37. The number of benzene rings is 2.